The molecule has 0 spiro atoms. The van der Waals surface area contributed by atoms with Crippen LogP contribution < -0.4 is 5.32 Å². The molecule has 0 unspecified atom stereocenters. The molecule has 0 bridgehead atoms. The van der Waals surface area contributed by atoms with Crippen molar-refractivity contribution in [3.05, 3.63) is 58.6 Å². The van der Waals surface area contributed by atoms with Gasteiger partial charge in [-0.2, -0.15) is 4.31 Å². The van der Waals surface area contributed by atoms with E-state index in [4.69, 9.17) is 4.74 Å². The highest BCUT2D eigenvalue weighted by atomic mass is 79.9. The molecule has 8 heteroatoms. The molecule has 1 N–H and O–H groups in total. The van der Waals surface area contributed by atoms with Gasteiger partial charge in [0.2, 0.25) is 10.0 Å². The number of anilines is 1. The molecule has 1 fully saturated rings. The van der Waals surface area contributed by atoms with E-state index in [2.05, 4.69) is 21.2 Å². The van der Waals surface area contributed by atoms with Crippen LogP contribution in [0.2, 0.25) is 0 Å². The number of hydrogen-bond donors (Lipinski definition) is 1. The molecule has 0 saturated carbocycles. The maximum absolute atomic E-state index is 12.6. The Hall–Kier alpha value is -1.74. The highest BCUT2D eigenvalue weighted by molar-refractivity contribution is 9.10. The van der Waals surface area contributed by atoms with E-state index in [1.165, 1.54) is 28.6 Å². The lowest BCUT2D eigenvalue weighted by molar-refractivity contribution is 0.0730. The van der Waals surface area contributed by atoms with Gasteiger partial charge in [-0.15, -0.1) is 0 Å². The normalized spacial score (nSPS) is 15.7. The summed E-state index contributed by atoms with van der Waals surface area (Å²) in [4.78, 5) is 12.4. The third-order valence-electron chi connectivity index (χ3n) is 3.83. The third kappa shape index (κ3) is 4.27. The molecule has 1 saturated heterocycles. The summed E-state index contributed by atoms with van der Waals surface area (Å²) in [5.74, 6) is -0.294. The Morgan fingerprint density at radius 2 is 1.60 bits per heavy atom. The van der Waals surface area contributed by atoms with Gasteiger partial charge in [-0.05, 0) is 48.5 Å². The molecule has 0 aliphatic carbocycles. The number of carbonyl (C=O) groups is 1. The second-order valence-electron chi connectivity index (χ2n) is 5.50. The van der Waals surface area contributed by atoms with Gasteiger partial charge in [0, 0.05) is 28.8 Å². The first-order chi connectivity index (χ1) is 12.0. The van der Waals surface area contributed by atoms with Crippen LogP contribution in [0.4, 0.5) is 5.69 Å². The molecule has 1 heterocycles. The molecule has 1 aliphatic rings. The van der Waals surface area contributed by atoms with Gasteiger partial charge in [0.25, 0.3) is 5.91 Å². The Kier molecular flexibility index (Phi) is 5.53. The topological polar surface area (TPSA) is 75.7 Å². The number of nitrogens with zero attached hydrogens (tertiary/aromatic N) is 1. The summed E-state index contributed by atoms with van der Waals surface area (Å²) in [7, 11) is -3.55. The van der Waals surface area contributed by atoms with E-state index in [0.29, 0.717) is 37.6 Å². The monoisotopic (exact) mass is 424 g/mol. The molecule has 132 valence electrons. The van der Waals surface area contributed by atoms with E-state index in [0.717, 1.165) is 4.47 Å². The van der Waals surface area contributed by atoms with Crippen molar-refractivity contribution >= 4 is 37.5 Å². The Labute approximate surface area is 155 Å². The van der Waals surface area contributed by atoms with Gasteiger partial charge in [-0.25, -0.2) is 8.42 Å². The summed E-state index contributed by atoms with van der Waals surface area (Å²) in [6.45, 7) is 1.47. The summed E-state index contributed by atoms with van der Waals surface area (Å²) in [6.07, 6.45) is 0. The standard InChI is InChI=1S/C17H17BrN2O4S/c18-14-3-5-15(6-4-14)19-17(21)13-1-7-16(8-2-13)25(22,23)20-9-11-24-12-10-20/h1-8H,9-12H2,(H,19,21). The number of rotatable bonds is 4. The molecular formula is C17H17BrN2O4S. The van der Waals surface area contributed by atoms with Crippen molar-refractivity contribution in [3.63, 3.8) is 0 Å². The Balaban J connectivity index is 1.73. The van der Waals surface area contributed by atoms with E-state index < -0.39 is 10.0 Å². The Morgan fingerprint density at radius 1 is 1.00 bits per heavy atom. The number of halogens is 1. The maximum Gasteiger partial charge on any atom is 0.255 e. The first-order valence-corrected chi connectivity index (χ1v) is 9.95. The van der Waals surface area contributed by atoms with Crippen LogP contribution in [0.1, 0.15) is 10.4 Å². The Bertz CT molecular complexity index is 845. The van der Waals surface area contributed by atoms with Crippen LogP contribution in [0.15, 0.2) is 57.9 Å². The maximum atomic E-state index is 12.6. The van der Waals surface area contributed by atoms with Gasteiger partial charge in [0.1, 0.15) is 0 Å². The third-order valence-corrected chi connectivity index (χ3v) is 6.27. The minimum atomic E-state index is -3.55. The quantitative estimate of drug-likeness (QED) is 0.818. The smallest absolute Gasteiger partial charge is 0.255 e. The van der Waals surface area contributed by atoms with Crippen molar-refractivity contribution in [1.82, 2.24) is 4.31 Å². The largest absolute Gasteiger partial charge is 0.379 e. The second kappa shape index (κ2) is 7.65. The van der Waals surface area contributed by atoms with Crippen LogP contribution in [-0.2, 0) is 14.8 Å². The van der Waals surface area contributed by atoms with Gasteiger partial charge >= 0.3 is 0 Å². The number of amides is 1. The lowest BCUT2D eigenvalue weighted by Crippen LogP contribution is -2.40. The molecule has 0 radical (unpaired) electrons. The van der Waals surface area contributed by atoms with Crippen LogP contribution in [0.3, 0.4) is 0 Å². The zero-order chi connectivity index (χ0) is 17.9. The zero-order valence-electron chi connectivity index (χ0n) is 13.3. The van der Waals surface area contributed by atoms with E-state index in [9.17, 15) is 13.2 Å². The van der Waals surface area contributed by atoms with Crippen LogP contribution >= 0.6 is 15.9 Å². The number of hydrogen-bond acceptors (Lipinski definition) is 4. The predicted molar refractivity (Wildman–Crippen MR) is 98.1 cm³/mol. The van der Waals surface area contributed by atoms with E-state index in [-0.39, 0.29) is 10.8 Å². The van der Waals surface area contributed by atoms with Gasteiger partial charge in [-0.1, -0.05) is 15.9 Å². The minimum absolute atomic E-state index is 0.176. The molecule has 6 nitrogen and oxygen atoms in total. The van der Waals surface area contributed by atoms with Crippen LogP contribution in [0.25, 0.3) is 0 Å². The predicted octanol–water partition coefficient (Wildman–Crippen LogP) is 2.72. The Morgan fingerprint density at radius 3 is 2.20 bits per heavy atom. The van der Waals surface area contributed by atoms with E-state index >= 15 is 0 Å². The first kappa shape index (κ1) is 18.1. The van der Waals surface area contributed by atoms with Crippen molar-refractivity contribution in [2.75, 3.05) is 31.6 Å². The minimum Gasteiger partial charge on any atom is -0.379 e. The second-order valence-corrected chi connectivity index (χ2v) is 8.36. The fourth-order valence-corrected chi connectivity index (χ4v) is 4.12. The number of nitrogens with one attached hydrogen (secondary N) is 1. The van der Waals surface area contributed by atoms with Crippen molar-refractivity contribution < 1.29 is 17.9 Å². The van der Waals surface area contributed by atoms with E-state index in [1.54, 1.807) is 12.1 Å². The number of ether oxygens (including phenoxy) is 1. The fourth-order valence-electron chi connectivity index (χ4n) is 2.45. The molecule has 25 heavy (non-hydrogen) atoms. The molecule has 1 amide bonds. The summed E-state index contributed by atoms with van der Waals surface area (Å²) in [5, 5.41) is 2.77. The molecule has 2 aromatic rings. The molecule has 0 aromatic heterocycles. The van der Waals surface area contributed by atoms with Crippen molar-refractivity contribution in [2.24, 2.45) is 0 Å². The zero-order valence-corrected chi connectivity index (χ0v) is 15.7. The van der Waals surface area contributed by atoms with Crippen LogP contribution in [0, 0.1) is 0 Å². The summed E-state index contributed by atoms with van der Waals surface area (Å²) in [5.41, 5.74) is 1.06. The number of benzene rings is 2. The molecule has 1 aliphatic heterocycles. The summed E-state index contributed by atoms with van der Waals surface area (Å²) in [6, 6.07) is 13.2. The van der Waals surface area contributed by atoms with Crippen molar-refractivity contribution in [1.29, 1.82) is 0 Å². The molecule has 0 atom stereocenters. The van der Waals surface area contributed by atoms with Gasteiger partial charge < -0.3 is 10.1 Å². The van der Waals surface area contributed by atoms with Crippen molar-refractivity contribution in [3.8, 4) is 0 Å². The number of morpholine rings is 1. The average Bonchev–Trinajstić information content (AvgIpc) is 2.64. The average molecular weight is 425 g/mol. The lowest BCUT2D eigenvalue weighted by Gasteiger charge is -2.26. The van der Waals surface area contributed by atoms with E-state index in [1.807, 2.05) is 12.1 Å². The lowest BCUT2D eigenvalue weighted by atomic mass is 10.2. The van der Waals surface area contributed by atoms with Crippen LogP contribution in [-0.4, -0.2) is 44.9 Å². The molecule has 3 rings (SSSR count). The summed E-state index contributed by atoms with van der Waals surface area (Å²) < 4.78 is 32.6. The van der Waals surface area contributed by atoms with Gasteiger partial charge in [-0.3, -0.25) is 4.79 Å². The molecule has 2 aromatic carbocycles. The summed E-state index contributed by atoms with van der Waals surface area (Å²) >= 11 is 3.33. The first-order valence-electron chi connectivity index (χ1n) is 7.72. The van der Waals surface area contributed by atoms with Crippen LogP contribution in [0.5, 0.6) is 0 Å². The van der Waals surface area contributed by atoms with Gasteiger partial charge in [0.15, 0.2) is 0 Å². The molecular weight excluding hydrogens is 408 g/mol. The number of carbonyl (C=O) groups excluding carboxylic acids is 1. The fraction of sp³-hybridized carbons (Fsp3) is 0.235. The SMILES string of the molecule is O=C(Nc1ccc(Br)cc1)c1ccc(S(=O)(=O)N2CCOCC2)cc1. The van der Waals surface area contributed by atoms with Gasteiger partial charge in [0.05, 0.1) is 18.1 Å². The highest BCUT2D eigenvalue weighted by Crippen LogP contribution is 2.19. The van der Waals surface area contributed by atoms with Crippen molar-refractivity contribution in [2.45, 2.75) is 4.90 Å². The highest BCUT2D eigenvalue weighted by Gasteiger charge is 2.26. The number of sulfonamides is 1.